The lowest BCUT2D eigenvalue weighted by molar-refractivity contribution is -0.120. The summed E-state index contributed by atoms with van der Waals surface area (Å²) >= 11 is 6.10. The molecule has 3 aliphatic rings. The molecule has 0 radical (unpaired) electrons. The molecule has 11 heteroatoms. The standard InChI is InChI=1S/C30H38ClF2N3O4S/c31-21-5-3-19(4-6-21)29(20-11-13-40-14-12-20)30(34)28(37)16-25-24(26(32)9-10-27(25)33)8-7-23-17-35-22-2-1-15-41(38,39)36(23)18-22/h3-6,9-10,20,22-23,29-30,35H,1-2,7-8,11-18,34H2/t22-,23+,29+,30-/m1/s1. The zero-order chi connectivity index (χ0) is 29.1. The number of Topliss-reactive ketones (excluding diaryl/α,β-unsaturated/α-hetero) is 1. The van der Waals surface area contributed by atoms with Gasteiger partial charge in [0.05, 0.1) is 11.8 Å². The summed E-state index contributed by atoms with van der Waals surface area (Å²) in [6.07, 6.45) is 2.93. The lowest BCUT2D eigenvalue weighted by Crippen LogP contribution is -2.57. The molecule has 0 aromatic heterocycles. The van der Waals surface area contributed by atoms with E-state index in [2.05, 4.69) is 5.32 Å². The number of ketones is 1. The number of hydrogen-bond acceptors (Lipinski definition) is 6. The van der Waals surface area contributed by atoms with Gasteiger partial charge >= 0.3 is 0 Å². The number of nitrogens with zero attached hydrogens (tertiary/aromatic N) is 1. The third kappa shape index (κ3) is 7.00. The van der Waals surface area contributed by atoms with Crippen molar-refractivity contribution >= 4 is 27.4 Å². The lowest BCUT2D eigenvalue weighted by atomic mass is 9.75. The van der Waals surface area contributed by atoms with Crippen molar-refractivity contribution in [3.05, 3.63) is 69.7 Å². The fourth-order valence-electron chi connectivity index (χ4n) is 6.68. The molecule has 224 valence electrons. The third-order valence-electron chi connectivity index (χ3n) is 8.94. The lowest BCUT2D eigenvalue weighted by Gasteiger charge is -2.37. The van der Waals surface area contributed by atoms with Crippen molar-refractivity contribution in [1.82, 2.24) is 9.62 Å². The average molecular weight is 610 g/mol. The predicted octanol–water partition coefficient (Wildman–Crippen LogP) is 3.97. The van der Waals surface area contributed by atoms with Gasteiger partial charge in [0.2, 0.25) is 10.0 Å². The van der Waals surface area contributed by atoms with Gasteiger partial charge in [0, 0.05) is 61.3 Å². The summed E-state index contributed by atoms with van der Waals surface area (Å²) in [7, 11) is -3.42. The SMILES string of the molecule is N[C@H](C(=O)Cc1c(F)ccc(F)c1CC[C@H]1CN[C@@H]2CCCS(=O)(=O)N1C2)[C@@H](c1ccc(Cl)cc1)C1CCOCC1. The fourth-order valence-corrected chi connectivity index (χ4v) is 8.61. The van der Waals surface area contributed by atoms with Crippen LogP contribution in [0, 0.1) is 17.6 Å². The zero-order valence-corrected chi connectivity index (χ0v) is 24.6. The van der Waals surface area contributed by atoms with Crippen LogP contribution in [0.15, 0.2) is 36.4 Å². The van der Waals surface area contributed by atoms with Crippen LogP contribution < -0.4 is 11.1 Å². The maximum Gasteiger partial charge on any atom is 0.214 e. The van der Waals surface area contributed by atoms with Gasteiger partial charge in [-0.2, -0.15) is 4.31 Å². The minimum absolute atomic E-state index is 0.00680. The molecule has 7 nitrogen and oxygen atoms in total. The van der Waals surface area contributed by atoms with Crippen LogP contribution in [0.5, 0.6) is 0 Å². The summed E-state index contributed by atoms with van der Waals surface area (Å²) in [5, 5.41) is 3.97. The maximum absolute atomic E-state index is 15.2. The second kappa shape index (κ2) is 13.1. The van der Waals surface area contributed by atoms with E-state index in [1.54, 1.807) is 12.1 Å². The van der Waals surface area contributed by atoms with Crippen LogP contribution >= 0.6 is 11.6 Å². The summed E-state index contributed by atoms with van der Waals surface area (Å²) in [4.78, 5) is 13.7. The molecular weight excluding hydrogens is 572 g/mol. The van der Waals surface area contributed by atoms with Gasteiger partial charge in [0.25, 0.3) is 0 Å². The molecular formula is C30H38ClF2N3O4S. The van der Waals surface area contributed by atoms with Crippen molar-refractivity contribution in [2.24, 2.45) is 11.7 Å². The Labute approximate surface area is 245 Å². The van der Waals surface area contributed by atoms with Crippen LogP contribution in [0.4, 0.5) is 8.78 Å². The summed E-state index contributed by atoms with van der Waals surface area (Å²) in [5.74, 6) is -1.78. The van der Waals surface area contributed by atoms with Crippen molar-refractivity contribution < 1.29 is 26.7 Å². The fraction of sp³-hybridized carbons (Fsp3) is 0.567. The smallest absolute Gasteiger partial charge is 0.214 e. The van der Waals surface area contributed by atoms with Gasteiger partial charge in [-0.25, -0.2) is 17.2 Å². The molecule has 3 heterocycles. The molecule has 3 saturated heterocycles. The molecule has 2 aromatic rings. The topological polar surface area (TPSA) is 102 Å². The second-order valence-electron chi connectivity index (χ2n) is 11.5. The normalized spacial score (nSPS) is 26.2. The molecule has 0 aliphatic carbocycles. The van der Waals surface area contributed by atoms with E-state index < -0.39 is 27.7 Å². The number of hydrogen-bond donors (Lipinski definition) is 2. The average Bonchev–Trinajstić information content (AvgIpc) is 3.08. The van der Waals surface area contributed by atoms with Gasteiger partial charge in [-0.05, 0) is 79.8 Å². The summed E-state index contributed by atoms with van der Waals surface area (Å²) in [6.45, 7) is 1.98. The van der Waals surface area contributed by atoms with E-state index in [1.165, 1.54) is 4.31 Å². The van der Waals surface area contributed by atoms with Crippen LogP contribution in [0.2, 0.25) is 5.02 Å². The molecule has 2 aromatic carbocycles. The number of ether oxygens (including phenoxy) is 1. The second-order valence-corrected chi connectivity index (χ2v) is 14.0. The first-order valence-corrected chi connectivity index (χ1v) is 16.4. The summed E-state index contributed by atoms with van der Waals surface area (Å²) < 4.78 is 63.2. The molecule has 2 bridgehead atoms. The number of piperazine rings is 1. The Kier molecular flexibility index (Phi) is 9.78. The molecule has 0 saturated carbocycles. The third-order valence-corrected chi connectivity index (χ3v) is 11.2. The molecule has 5 atom stereocenters. The first-order valence-electron chi connectivity index (χ1n) is 14.4. The van der Waals surface area contributed by atoms with Crippen LogP contribution in [-0.4, -0.2) is 68.7 Å². The molecule has 1 unspecified atom stereocenters. The van der Waals surface area contributed by atoms with Crippen molar-refractivity contribution in [2.45, 2.75) is 69.0 Å². The van der Waals surface area contributed by atoms with Crippen molar-refractivity contribution in [2.75, 3.05) is 32.1 Å². The highest BCUT2D eigenvalue weighted by molar-refractivity contribution is 7.89. The van der Waals surface area contributed by atoms with Crippen molar-refractivity contribution in [1.29, 1.82) is 0 Å². The molecule has 3 aliphatic heterocycles. The van der Waals surface area contributed by atoms with Crippen LogP contribution in [0.1, 0.15) is 54.7 Å². The minimum atomic E-state index is -3.42. The molecule has 5 rings (SSSR count). The van der Waals surface area contributed by atoms with E-state index >= 15 is 8.78 Å². The highest BCUT2D eigenvalue weighted by atomic mass is 35.5. The zero-order valence-electron chi connectivity index (χ0n) is 23.0. The number of carbonyl (C=O) groups is 1. The number of sulfonamides is 1. The monoisotopic (exact) mass is 609 g/mol. The molecule has 0 amide bonds. The van der Waals surface area contributed by atoms with Gasteiger partial charge in [-0.1, -0.05) is 23.7 Å². The number of rotatable bonds is 9. The largest absolute Gasteiger partial charge is 0.381 e. The highest BCUT2D eigenvalue weighted by Crippen LogP contribution is 2.36. The predicted molar refractivity (Wildman–Crippen MR) is 154 cm³/mol. The Balaban J connectivity index is 1.36. The summed E-state index contributed by atoms with van der Waals surface area (Å²) in [6, 6.07) is 8.15. The van der Waals surface area contributed by atoms with E-state index in [1.807, 2.05) is 12.1 Å². The van der Waals surface area contributed by atoms with Crippen molar-refractivity contribution in [3.63, 3.8) is 0 Å². The van der Waals surface area contributed by atoms with Gasteiger partial charge in [0.1, 0.15) is 11.6 Å². The minimum Gasteiger partial charge on any atom is -0.381 e. The molecule has 0 spiro atoms. The van der Waals surface area contributed by atoms with E-state index in [0.29, 0.717) is 44.2 Å². The first-order chi connectivity index (χ1) is 19.6. The molecule has 3 N–H and O–H groups in total. The number of fused-ring (bicyclic) bond motifs is 2. The Morgan fingerprint density at radius 2 is 1.76 bits per heavy atom. The molecule has 41 heavy (non-hydrogen) atoms. The maximum atomic E-state index is 15.2. The number of carbonyl (C=O) groups excluding carboxylic acids is 1. The number of nitrogens with two attached hydrogens (primary N) is 1. The molecule has 3 fully saturated rings. The van der Waals surface area contributed by atoms with Gasteiger partial charge in [-0.15, -0.1) is 0 Å². The first kappa shape index (κ1) is 30.5. The summed E-state index contributed by atoms with van der Waals surface area (Å²) in [5.41, 5.74) is 7.60. The Morgan fingerprint density at radius 1 is 1.07 bits per heavy atom. The Hall–Kier alpha value is -1.95. The van der Waals surface area contributed by atoms with Gasteiger partial charge < -0.3 is 15.8 Å². The van der Waals surface area contributed by atoms with Gasteiger partial charge in [-0.3, -0.25) is 4.79 Å². The van der Waals surface area contributed by atoms with E-state index in [0.717, 1.165) is 37.0 Å². The number of halogens is 3. The van der Waals surface area contributed by atoms with Crippen LogP contribution in [0.3, 0.4) is 0 Å². The number of nitrogens with one attached hydrogen (secondary N) is 1. The highest BCUT2D eigenvalue weighted by Gasteiger charge is 2.38. The van der Waals surface area contributed by atoms with Gasteiger partial charge in [0.15, 0.2) is 5.78 Å². The number of benzene rings is 2. The van der Waals surface area contributed by atoms with Crippen molar-refractivity contribution in [3.8, 4) is 0 Å². The van der Waals surface area contributed by atoms with E-state index in [4.69, 9.17) is 22.1 Å². The van der Waals surface area contributed by atoms with Crippen LogP contribution in [0.25, 0.3) is 0 Å². The quantitative estimate of drug-likeness (QED) is 0.446. The van der Waals surface area contributed by atoms with Crippen LogP contribution in [-0.2, 0) is 32.4 Å². The van der Waals surface area contributed by atoms with E-state index in [-0.39, 0.29) is 59.4 Å². The Morgan fingerprint density at radius 3 is 2.46 bits per heavy atom. The van der Waals surface area contributed by atoms with E-state index in [9.17, 15) is 13.2 Å². The Bertz CT molecular complexity index is 1340.